The quantitative estimate of drug-likeness (QED) is 0.827. The van der Waals surface area contributed by atoms with Crippen molar-refractivity contribution in [2.75, 3.05) is 0 Å². The van der Waals surface area contributed by atoms with E-state index in [-0.39, 0.29) is 10.6 Å². The van der Waals surface area contributed by atoms with Gasteiger partial charge in [-0.2, -0.15) is 0 Å². The molecule has 0 aliphatic heterocycles. The molecule has 0 amide bonds. The second kappa shape index (κ2) is 4.81. The Morgan fingerprint density at radius 3 is 2.67 bits per heavy atom. The van der Waals surface area contributed by atoms with E-state index in [0.29, 0.717) is 10.9 Å². The smallest absolute Gasteiger partial charge is 0.148 e. The molecule has 15 heavy (non-hydrogen) atoms. The molecule has 1 atom stereocenters. The summed E-state index contributed by atoms with van der Waals surface area (Å²) in [6, 6.07) is 3.11. The molecule has 0 radical (unpaired) electrons. The normalized spacial score (nSPS) is 15.1. The molecule has 0 bridgehead atoms. The summed E-state index contributed by atoms with van der Waals surface area (Å²) in [6.45, 7) is 3.53. The van der Waals surface area contributed by atoms with Crippen LogP contribution in [-0.4, -0.2) is 5.11 Å². The highest BCUT2D eigenvalue weighted by molar-refractivity contribution is 9.10. The highest BCUT2D eigenvalue weighted by Gasteiger charge is 2.29. The molecule has 0 saturated carbocycles. The number of benzene rings is 1. The average Bonchev–Trinajstić information content (AvgIpc) is 2.11. The number of aliphatic hydroxyl groups is 1. The molecular weight excluding hydrogens is 282 g/mol. The number of rotatable bonds is 3. The molecule has 84 valence electrons. The van der Waals surface area contributed by atoms with Crippen molar-refractivity contribution in [2.24, 2.45) is 0 Å². The summed E-state index contributed by atoms with van der Waals surface area (Å²) in [7, 11) is 0. The van der Waals surface area contributed by atoms with E-state index in [9.17, 15) is 9.50 Å². The van der Waals surface area contributed by atoms with Gasteiger partial charge in [0.15, 0.2) is 0 Å². The van der Waals surface area contributed by atoms with Crippen molar-refractivity contribution in [3.05, 3.63) is 33.0 Å². The Kier molecular flexibility index (Phi) is 4.15. The van der Waals surface area contributed by atoms with Gasteiger partial charge in [-0.05, 0) is 25.5 Å². The van der Waals surface area contributed by atoms with Gasteiger partial charge in [0.1, 0.15) is 5.82 Å². The van der Waals surface area contributed by atoms with Gasteiger partial charge >= 0.3 is 0 Å². The van der Waals surface area contributed by atoms with Crippen LogP contribution in [-0.2, 0) is 5.60 Å². The molecule has 1 nitrogen and oxygen atoms in total. The van der Waals surface area contributed by atoms with Crippen LogP contribution in [0, 0.1) is 5.82 Å². The fourth-order valence-corrected chi connectivity index (χ4v) is 2.52. The van der Waals surface area contributed by atoms with Gasteiger partial charge in [-0.1, -0.05) is 40.9 Å². The van der Waals surface area contributed by atoms with Crippen LogP contribution in [0.15, 0.2) is 16.6 Å². The lowest BCUT2D eigenvalue weighted by atomic mass is 9.91. The first-order valence-electron chi connectivity index (χ1n) is 4.76. The molecule has 4 heteroatoms. The molecule has 0 aliphatic rings. The highest BCUT2D eigenvalue weighted by Crippen LogP contribution is 2.36. The zero-order valence-corrected chi connectivity index (χ0v) is 11.0. The molecule has 0 aromatic heterocycles. The van der Waals surface area contributed by atoms with Gasteiger partial charge in [0, 0.05) is 10.0 Å². The fourth-order valence-electron chi connectivity index (χ4n) is 1.63. The van der Waals surface area contributed by atoms with Crippen LogP contribution in [0.25, 0.3) is 0 Å². The van der Waals surface area contributed by atoms with Crippen LogP contribution in [0.2, 0.25) is 5.02 Å². The van der Waals surface area contributed by atoms with Gasteiger partial charge in [-0.25, -0.2) is 4.39 Å². The summed E-state index contributed by atoms with van der Waals surface area (Å²) in [5.41, 5.74) is -0.959. The van der Waals surface area contributed by atoms with Crippen molar-refractivity contribution in [2.45, 2.75) is 32.3 Å². The van der Waals surface area contributed by atoms with Gasteiger partial charge in [-0.15, -0.1) is 0 Å². The summed E-state index contributed by atoms with van der Waals surface area (Å²) in [6.07, 6.45) is 1.26. The molecular formula is C11H13BrClFO. The van der Waals surface area contributed by atoms with E-state index < -0.39 is 11.4 Å². The maximum Gasteiger partial charge on any atom is 0.148 e. The average molecular weight is 296 g/mol. The minimum Gasteiger partial charge on any atom is -0.385 e. The monoisotopic (exact) mass is 294 g/mol. The highest BCUT2D eigenvalue weighted by atomic mass is 79.9. The van der Waals surface area contributed by atoms with Crippen molar-refractivity contribution in [3.8, 4) is 0 Å². The molecule has 1 N–H and O–H groups in total. The third kappa shape index (κ3) is 2.71. The molecule has 1 aromatic carbocycles. The molecule has 0 heterocycles. The van der Waals surface area contributed by atoms with E-state index in [1.807, 2.05) is 6.92 Å². The second-order valence-electron chi connectivity index (χ2n) is 3.74. The number of halogens is 3. The van der Waals surface area contributed by atoms with Crippen LogP contribution >= 0.6 is 27.5 Å². The lowest BCUT2D eigenvalue weighted by molar-refractivity contribution is 0.0425. The summed E-state index contributed by atoms with van der Waals surface area (Å²) < 4.78 is 14.3. The van der Waals surface area contributed by atoms with Gasteiger partial charge in [0.05, 0.1) is 10.6 Å². The fraction of sp³-hybridized carbons (Fsp3) is 0.455. The minimum atomic E-state index is -1.19. The van der Waals surface area contributed by atoms with E-state index >= 15 is 0 Å². The first kappa shape index (κ1) is 12.9. The lowest BCUT2D eigenvalue weighted by Crippen LogP contribution is -2.23. The predicted molar refractivity (Wildman–Crippen MR) is 63.6 cm³/mol. The molecule has 0 aliphatic carbocycles. The Balaban J connectivity index is 3.29. The Labute approximate surface area is 102 Å². The second-order valence-corrected chi connectivity index (χ2v) is 5.00. The molecule has 0 fully saturated rings. The summed E-state index contributed by atoms with van der Waals surface area (Å²) >= 11 is 8.91. The first-order chi connectivity index (χ1) is 6.90. The topological polar surface area (TPSA) is 20.2 Å². The van der Waals surface area contributed by atoms with Gasteiger partial charge in [0.2, 0.25) is 0 Å². The summed E-state index contributed by atoms with van der Waals surface area (Å²) in [4.78, 5) is 0. The Morgan fingerprint density at radius 2 is 2.13 bits per heavy atom. The number of hydrogen-bond acceptors (Lipinski definition) is 1. The zero-order chi connectivity index (χ0) is 11.6. The summed E-state index contributed by atoms with van der Waals surface area (Å²) in [5, 5.41) is 10.2. The lowest BCUT2D eigenvalue weighted by Gasteiger charge is -2.25. The van der Waals surface area contributed by atoms with Crippen LogP contribution in [0.4, 0.5) is 4.39 Å². The SMILES string of the molecule is CCCC(C)(O)c1c(Br)ccc(Cl)c1F. The van der Waals surface area contributed by atoms with Crippen LogP contribution in [0.3, 0.4) is 0 Å². The maximum absolute atomic E-state index is 13.8. The standard InChI is InChI=1S/C11H13BrClFO/c1-3-6-11(2,15)9-7(12)4-5-8(13)10(9)14/h4-5,15H,3,6H2,1-2H3. The molecule has 0 saturated heterocycles. The van der Waals surface area contributed by atoms with Crippen LogP contribution < -0.4 is 0 Å². The Morgan fingerprint density at radius 1 is 1.53 bits per heavy atom. The molecule has 0 spiro atoms. The third-order valence-corrected chi connectivity index (χ3v) is 3.27. The molecule has 1 aromatic rings. The molecule has 1 unspecified atom stereocenters. The molecule has 1 rings (SSSR count). The Hall–Kier alpha value is -0.120. The largest absolute Gasteiger partial charge is 0.385 e. The Bertz CT molecular complexity index is 366. The minimum absolute atomic E-state index is 0.0320. The van der Waals surface area contributed by atoms with Crippen molar-refractivity contribution < 1.29 is 9.50 Å². The van der Waals surface area contributed by atoms with Crippen LogP contribution in [0.1, 0.15) is 32.3 Å². The third-order valence-electron chi connectivity index (χ3n) is 2.32. The van der Waals surface area contributed by atoms with Crippen molar-refractivity contribution >= 4 is 27.5 Å². The summed E-state index contributed by atoms with van der Waals surface area (Å²) in [5.74, 6) is -0.551. The van der Waals surface area contributed by atoms with Crippen LogP contribution in [0.5, 0.6) is 0 Å². The zero-order valence-electron chi connectivity index (χ0n) is 8.65. The number of hydrogen-bond donors (Lipinski definition) is 1. The van der Waals surface area contributed by atoms with E-state index in [2.05, 4.69) is 15.9 Å². The predicted octanol–water partition coefficient (Wildman–Crippen LogP) is 4.25. The van der Waals surface area contributed by atoms with Gasteiger partial charge in [-0.3, -0.25) is 0 Å². The van der Waals surface area contributed by atoms with E-state index in [1.165, 1.54) is 6.07 Å². The maximum atomic E-state index is 13.8. The van der Waals surface area contributed by atoms with Gasteiger partial charge < -0.3 is 5.11 Å². The van der Waals surface area contributed by atoms with Crippen molar-refractivity contribution in [1.29, 1.82) is 0 Å². The van der Waals surface area contributed by atoms with Crippen molar-refractivity contribution in [1.82, 2.24) is 0 Å². The van der Waals surface area contributed by atoms with E-state index in [0.717, 1.165) is 6.42 Å². The first-order valence-corrected chi connectivity index (χ1v) is 5.93. The van der Waals surface area contributed by atoms with E-state index in [1.54, 1.807) is 13.0 Å². The van der Waals surface area contributed by atoms with Gasteiger partial charge in [0.25, 0.3) is 0 Å². The van der Waals surface area contributed by atoms with E-state index in [4.69, 9.17) is 11.6 Å². The van der Waals surface area contributed by atoms with Crippen molar-refractivity contribution in [3.63, 3.8) is 0 Å².